The summed E-state index contributed by atoms with van der Waals surface area (Å²) in [6, 6.07) is 7.67. The minimum absolute atomic E-state index is 0.454. The Morgan fingerprint density at radius 2 is 1.71 bits per heavy atom. The lowest BCUT2D eigenvalue weighted by Gasteiger charge is -2.10. The van der Waals surface area contributed by atoms with E-state index in [9.17, 15) is 0 Å². The van der Waals surface area contributed by atoms with Crippen LogP contribution in [-0.4, -0.2) is 0 Å². The summed E-state index contributed by atoms with van der Waals surface area (Å²) in [6.07, 6.45) is 6.86. The largest absolute Gasteiger partial charge is 0.489 e. The fraction of sp³-hybridized carbons (Fsp3) is 0.429. The molecule has 0 unspecified atom stereocenters. The van der Waals surface area contributed by atoms with E-state index in [-0.39, 0.29) is 0 Å². The first kappa shape index (κ1) is 22.8. The molecule has 1 aromatic carbocycles. The van der Waals surface area contributed by atoms with Crippen molar-refractivity contribution in [2.45, 2.75) is 54.6 Å². The van der Waals surface area contributed by atoms with Crippen LogP contribution in [-0.2, 0) is 11.3 Å². The van der Waals surface area contributed by atoms with Crippen LogP contribution in [0.3, 0.4) is 0 Å². The molecular weight excluding hydrogens is 339 g/mol. The van der Waals surface area contributed by atoms with Crippen LogP contribution in [0.25, 0.3) is 0 Å². The van der Waals surface area contributed by atoms with E-state index < -0.39 is 0 Å². The maximum absolute atomic E-state index is 6.17. The molecule has 24 heavy (non-hydrogen) atoms. The van der Waals surface area contributed by atoms with Crippen molar-refractivity contribution in [1.29, 1.82) is 0 Å². The molecular formula is C21H30Cl2O. The summed E-state index contributed by atoms with van der Waals surface area (Å²) in [6.45, 7) is 12.8. The van der Waals surface area contributed by atoms with E-state index in [4.69, 9.17) is 27.9 Å². The fourth-order valence-electron chi connectivity index (χ4n) is 1.97. The number of hydrogen-bond donors (Lipinski definition) is 0. The molecule has 0 heterocycles. The Morgan fingerprint density at radius 3 is 2.29 bits per heavy atom. The Kier molecular flexibility index (Phi) is 12.5. The van der Waals surface area contributed by atoms with Gasteiger partial charge in [0.2, 0.25) is 0 Å². The van der Waals surface area contributed by atoms with Gasteiger partial charge in [-0.3, -0.25) is 0 Å². The molecule has 0 radical (unpaired) electrons. The van der Waals surface area contributed by atoms with Crippen LogP contribution in [0.2, 0.25) is 5.02 Å². The van der Waals surface area contributed by atoms with Gasteiger partial charge in [0.15, 0.2) is 0 Å². The molecule has 1 nitrogen and oxygen atoms in total. The molecule has 0 amide bonds. The summed E-state index contributed by atoms with van der Waals surface area (Å²) in [5.41, 5.74) is 2.29. The lowest BCUT2D eigenvalue weighted by molar-refractivity contribution is 0.210. The summed E-state index contributed by atoms with van der Waals surface area (Å²) in [7, 11) is 0. The monoisotopic (exact) mass is 368 g/mol. The van der Waals surface area contributed by atoms with Crippen LogP contribution < -0.4 is 0 Å². The first-order valence-electron chi connectivity index (χ1n) is 8.69. The summed E-state index contributed by atoms with van der Waals surface area (Å²) >= 11 is 12.1. The predicted octanol–water partition coefficient (Wildman–Crippen LogP) is 7.90. The Bertz CT molecular complexity index is 569. The van der Waals surface area contributed by atoms with E-state index in [0.29, 0.717) is 12.5 Å². The third-order valence-electron chi connectivity index (χ3n) is 3.10. The summed E-state index contributed by atoms with van der Waals surface area (Å²) < 4.78 is 5.86. The topological polar surface area (TPSA) is 9.23 Å². The van der Waals surface area contributed by atoms with Crippen molar-refractivity contribution in [3.05, 3.63) is 69.4 Å². The number of rotatable bonds is 4. The molecule has 0 spiro atoms. The number of allylic oxidation sites excluding steroid dienone is 5. The Balaban J connectivity index is 0.00000123. The molecule has 0 aliphatic heterocycles. The third-order valence-corrected chi connectivity index (χ3v) is 3.60. The first-order valence-corrected chi connectivity index (χ1v) is 9.45. The molecule has 0 N–H and O–H groups in total. The number of benzene rings is 1. The molecule has 0 saturated carbocycles. The van der Waals surface area contributed by atoms with Crippen molar-refractivity contribution in [3.8, 4) is 0 Å². The molecule has 0 atom stereocenters. The van der Waals surface area contributed by atoms with Gasteiger partial charge in [0.1, 0.15) is 12.4 Å². The highest BCUT2D eigenvalue weighted by molar-refractivity contribution is 6.30. The average molecular weight is 369 g/mol. The second kappa shape index (κ2) is 13.1. The Hall–Kier alpha value is -1.18. The highest BCUT2D eigenvalue weighted by Crippen LogP contribution is 2.25. The van der Waals surface area contributed by atoms with Gasteiger partial charge in [-0.25, -0.2) is 0 Å². The van der Waals surface area contributed by atoms with Crippen molar-refractivity contribution < 1.29 is 4.74 Å². The van der Waals surface area contributed by atoms with Crippen molar-refractivity contribution in [2.24, 2.45) is 5.92 Å². The summed E-state index contributed by atoms with van der Waals surface area (Å²) in [5, 5.41) is 1.51. The SMILES string of the molecule is CC.CC.CC(C)C1=CCC(Cl)=CC(OCc2cccc(Cl)c2)=C1. The van der Waals surface area contributed by atoms with Crippen LogP contribution in [0.5, 0.6) is 0 Å². The van der Waals surface area contributed by atoms with E-state index in [0.717, 1.165) is 27.8 Å². The van der Waals surface area contributed by atoms with Gasteiger partial charge in [-0.1, -0.05) is 83.0 Å². The lowest BCUT2D eigenvalue weighted by Crippen LogP contribution is -1.95. The van der Waals surface area contributed by atoms with E-state index in [2.05, 4.69) is 26.0 Å². The number of ether oxygens (including phenoxy) is 1. The first-order chi connectivity index (χ1) is 11.5. The van der Waals surface area contributed by atoms with Crippen LogP contribution >= 0.6 is 23.2 Å². The van der Waals surface area contributed by atoms with Gasteiger partial charge in [-0.05, 0) is 41.3 Å². The highest BCUT2D eigenvalue weighted by atomic mass is 35.5. The van der Waals surface area contributed by atoms with Gasteiger partial charge in [0.25, 0.3) is 0 Å². The molecule has 2 rings (SSSR count). The Morgan fingerprint density at radius 1 is 1.04 bits per heavy atom. The molecule has 1 aromatic rings. The van der Waals surface area contributed by atoms with Crippen LogP contribution in [0.15, 0.2) is 58.9 Å². The van der Waals surface area contributed by atoms with E-state index in [1.165, 1.54) is 5.57 Å². The van der Waals surface area contributed by atoms with E-state index >= 15 is 0 Å². The third kappa shape index (κ3) is 8.61. The smallest absolute Gasteiger partial charge is 0.121 e. The quantitative estimate of drug-likeness (QED) is 0.524. The standard InChI is InChI=1S/C17H18Cl2O.2C2H6/c1-12(2)14-6-7-16(19)10-17(9-14)20-11-13-4-3-5-15(18)8-13;2*1-2/h3-6,8-10,12H,7,11H2,1-2H3;2*1-2H3. The van der Waals surface area contributed by atoms with Crippen molar-refractivity contribution in [2.75, 3.05) is 0 Å². The minimum Gasteiger partial charge on any atom is -0.489 e. The zero-order valence-corrected chi connectivity index (χ0v) is 17.2. The zero-order chi connectivity index (χ0) is 18.5. The Labute approximate surface area is 158 Å². The number of hydrogen-bond acceptors (Lipinski definition) is 1. The average Bonchev–Trinajstić information content (AvgIpc) is 2.78. The molecule has 0 bridgehead atoms. The molecule has 1 aliphatic rings. The van der Waals surface area contributed by atoms with Gasteiger partial charge in [-0.15, -0.1) is 0 Å². The van der Waals surface area contributed by atoms with Gasteiger partial charge < -0.3 is 4.74 Å². The van der Waals surface area contributed by atoms with Crippen molar-refractivity contribution in [3.63, 3.8) is 0 Å². The molecule has 0 saturated heterocycles. The zero-order valence-electron chi connectivity index (χ0n) is 15.7. The van der Waals surface area contributed by atoms with Gasteiger partial charge in [-0.2, -0.15) is 0 Å². The molecule has 1 aliphatic carbocycles. The molecule has 134 valence electrons. The van der Waals surface area contributed by atoms with Crippen molar-refractivity contribution in [1.82, 2.24) is 0 Å². The van der Waals surface area contributed by atoms with Crippen molar-refractivity contribution >= 4 is 23.2 Å². The second-order valence-electron chi connectivity index (χ2n) is 5.12. The number of halogens is 2. The van der Waals surface area contributed by atoms with Crippen LogP contribution in [0, 0.1) is 5.92 Å². The van der Waals surface area contributed by atoms with Crippen LogP contribution in [0.1, 0.15) is 53.5 Å². The second-order valence-corrected chi connectivity index (χ2v) is 6.04. The fourth-order valence-corrected chi connectivity index (χ4v) is 2.37. The highest BCUT2D eigenvalue weighted by Gasteiger charge is 2.08. The maximum Gasteiger partial charge on any atom is 0.121 e. The van der Waals surface area contributed by atoms with Gasteiger partial charge >= 0.3 is 0 Å². The molecule has 0 aromatic heterocycles. The summed E-state index contributed by atoms with van der Waals surface area (Å²) in [5.74, 6) is 1.25. The van der Waals surface area contributed by atoms with Gasteiger partial charge in [0.05, 0.1) is 0 Å². The van der Waals surface area contributed by atoms with Crippen LogP contribution in [0.4, 0.5) is 0 Å². The summed E-state index contributed by atoms with van der Waals surface area (Å²) in [4.78, 5) is 0. The normalized spacial score (nSPS) is 13.3. The molecule has 3 heteroatoms. The lowest BCUT2D eigenvalue weighted by atomic mass is 10.0. The van der Waals surface area contributed by atoms with Gasteiger partial charge in [0, 0.05) is 16.5 Å². The van der Waals surface area contributed by atoms with E-state index in [1.807, 2.05) is 58.0 Å². The molecule has 0 fully saturated rings. The van der Waals surface area contributed by atoms with E-state index in [1.54, 1.807) is 0 Å². The predicted molar refractivity (Wildman–Crippen MR) is 108 cm³/mol. The maximum atomic E-state index is 6.17. The minimum atomic E-state index is 0.454.